The molecule has 1 saturated heterocycles. The molecule has 4 heteroatoms. The molecule has 2 atom stereocenters. The van der Waals surface area contributed by atoms with Crippen LogP contribution in [0.25, 0.3) is 0 Å². The molecule has 3 aromatic carbocycles. The highest BCUT2D eigenvalue weighted by Crippen LogP contribution is 2.41. The van der Waals surface area contributed by atoms with Crippen LogP contribution in [0.3, 0.4) is 0 Å². The molecule has 28 heavy (non-hydrogen) atoms. The zero-order valence-electron chi connectivity index (χ0n) is 16.0. The third-order valence-corrected chi connectivity index (χ3v) is 7.57. The van der Waals surface area contributed by atoms with Crippen LogP contribution in [0.15, 0.2) is 89.8 Å². The Labute approximate surface area is 167 Å². The third kappa shape index (κ3) is 3.75. The van der Waals surface area contributed by atoms with E-state index in [-0.39, 0.29) is 5.92 Å². The molecule has 1 fully saturated rings. The molecule has 1 aliphatic rings. The van der Waals surface area contributed by atoms with Crippen molar-refractivity contribution >= 4 is 10.0 Å². The minimum absolute atomic E-state index is 0.137. The molecule has 0 spiro atoms. The predicted molar refractivity (Wildman–Crippen MR) is 113 cm³/mol. The Morgan fingerprint density at radius 2 is 1.29 bits per heavy atom. The molecule has 0 radical (unpaired) electrons. The highest BCUT2D eigenvalue weighted by Gasteiger charge is 2.36. The zero-order chi connectivity index (χ0) is 19.6. The number of aryl methyl sites for hydroxylation is 1. The van der Waals surface area contributed by atoms with Gasteiger partial charge in [0.05, 0.1) is 4.90 Å². The van der Waals surface area contributed by atoms with Gasteiger partial charge in [-0.05, 0) is 42.5 Å². The quantitative estimate of drug-likeness (QED) is 0.630. The van der Waals surface area contributed by atoms with E-state index in [1.54, 1.807) is 16.4 Å². The topological polar surface area (TPSA) is 37.4 Å². The smallest absolute Gasteiger partial charge is 0.207 e. The van der Waals surface area contributed by atoms with Crippen LogP contribution < -0.4 is 0 Å². The highest BCUT2D eigenvalue weighted by atomic mass is 32.2. The van der Waals surface area contributed by atoms with Crippen LogP contribution in [-0.4, -0.2) is 25.8 Å². The molecule has 1 heterocycles. The molecule has 1 aliphatic heterocycles. The van der Waals surface area contributed by atoms with E-state index in [4.69, 9.17) is 0 Å². The number of sulfonamides is 1. The van der Waals surface area contributed by atoms with Crippen molar-refractivity contribution in [1.29, 1.82) is 0 Å². The number of hydrogen-bond acceptors (Lipinski definition) is 2. The van der Waals surface area contributed by atoms with Gasteiger partial charge in [-0.15, -0.1) is 0 Å². The Balaban J connectivity index is 1.68. The summed E-state index contributed by atoms with van der Waals surface area (Å²) in [7, 11) is -3.49. The standard InChI is InChI=1S/C24H25NO2S/c1-19-12-14-22(15-13-19)28(26,27)25-17-16-23(20-8-4-2-5-9-20)24(18-25)21-10-6-3-7-11-21/h2-15,23-24H,16-18H2,1H3/t23-,24+/m0/s1. The molecule has 0 N–H and O–H groups in total. The van der Waals surface area contributed by atoms with Gasteiger partial charge in [0.15, 0.2) is 0 Å². The van der Waals surface area contributed by atoms with Gasteiger partial charge in [0, 0.05) is 19.0 Å². The van der Waals surface area contributed by atoms with E-state index < -0.39 is 10.0 Å². The van der Waals surface area contributed by atoms with Crippen LogP contribution in [0.4, 0.5) is 0 Å². The molecular weight excluding hydrogens is 366 g/mol. The van der Waals surface area contributed by atoms with E-state index >= 15 is 0 Å². The van der Waals surface area contributed by atoms with E-state index in [0.717, 1.165) is 12.0 Å². The van der Waals surface area contributed by atoms with Gasteiger partial charge in [0.2, 0.25) is 10.0 Å². The number of rotatable bonds is 4. The van der Waals surface area contributed by atoms with Crippen molar-refractivity contribution in [2.45, 2.75) is 30.1 Å². The van der Waals surface area contributed by atoms with Gasteiger partial charge in [-0.25, -0.2) is 8.42 Å². The monoisotopic (exact) mass is 391 g/mol. The molecule has 3 nitrogen and oxygen atoms in total. The summed E-state index contributed by atoms with van der Waals surface area (Å²) in [6.07, 6.45) is 0.814. The van der Waals surface area contributed by atoms with Crippen molar-refractivity contribution in [3.05, 3.63) is 102 Å². The minimum atomic E-state index is -3.49. The summed E-state index contributed by atoms with van der Waals surface area (Å²) in [5.41, 5.74) is 3.53. The molecule has 144 valence electrons. The maximum absolute atomic E-state index is 13.2. The largest absolute Gasteiger partial charge is 0.243 e. The van der Waals surface area contributed by atoms with Crippen LogP contribution in [0.2, 0.25) is 0 Å². The Kier molecular flexibility index (Phi) is 5.33. The summed E-state index contributed by atoms with van der Waals surface area (Å²) in [5.74, 6) is 0.450. The van der Waals surface area contributed by atoms with E-state index in [0.29, 0.717) is 23.9 Å². The van der Waals surface area contributed by atoms with Crippen molar-refractivity contribution in [3.8, 4) is 0 Å². The summed E-state index contributed by atoms with van der Waals surface area (Å²) in [6, 6.07) is 27.9. The molecule has 0 amide bonds. The van der Waals surface area contributed by atoms with Crippen LogP contribution in [-0.2, 0) is 10.0 Å². The lowest BCUT2D eigenvalue weighted by atomic mass is 9.77. The van der Waals surface area contributed by atoms with Crippen molar-refractivity contribution in [3.63, 3.8) is 0 Å². The lowest BCUT2D eigenvalue weighted by Crippen LogP contribution is -2.42. The molecule has 0 aliphatic carbocycles. The summed E-state index contributed by atoms with van der Waals surface area (Å²) in [4.78, 5) is 0.378. The number of nitrogens with zero attached hydrogens (tertiary/aromatic N) is 1. The van der Waals surface area contributed by atoms with Gasteiger partial charge in [-0.2, -0.15) is 4.31 Å². The van der Waals surface area contributed by atoms with Crippen molar-refractivity contribution in [1.82, 2.24) is 4.31 Å². The maximum Gasteiger partial charge on any atom is 0.243 e. The normalized spacial score (nSPS) is 20.8. The second-order valence-corrected chi connectivity index (χ2v) is 9.44. The van der Waals surface area contributed by atoms with E-state index in [1.807, 2.05) is 43.3 Å². The van der Waals surface area contributed by atoms with E-state index in [1.165, 1.54) is 11.1 Å². The second kappa shape index (κ2) is 7.90. The van der Waals surface area contributed by atoms with Gasteiger partial charge in [0.1, 0.15) is 0 Å². The highest BCUT2D eigenvalue weighted by molar-refractivity contribution is 7.89. The van der Waals surface area contributed by atoms with Crippen LogP contribution in [0, 0.1) is 6.92 Å². The fourth-order valence-corrected chi connectivity index (χ4v) is 5.62. The fraction of sp³-hybridized carbons (Fsp3) is 0.250. The van der Waals surface area contributed by atoms with Gasteiger partial charge in [-0.3, -0.25) is 0 Å². The Hall–Kier alpha value is -2.43. The molecule has 0 saturated carbocycles. The second-order valence-electron chi connectivity index (χ2n) is 7.50. The maximum atomic E-state index is 13.2. The molecule has 4 rings (SSSR count). The molecular formula is C24H25NO2S. The zero-order valence-corrected chi connectivity index (χ0v) is 16.8. The third-order valence-electron chi connectivity index (χ3n) is 5.69. The average molecular weight is 392 g/mol. The average Bonchev–Trinajstić information content (AvgIpc) is 2.75. The van der Waals surface area contributed by atoms with Crippen molar-refractivity contribution in [2.24, 2.45) is 0 Å². The summed E-state index contributed by atoms with van der Waals surface area (Å²) >= 11 is 0. The summed E-state index contributed by atoms with van der Waals surface area (Å²) in [5, 5.41) is 0. The first-order valence-corrected chi connectivity index (χ1v) is 11.2. The predicted octanol–water partition coefficient (Wildman–Crippen LogP) is 4.96. The lowest BCUT2D eigenvalue weighted by molar-refractivity contribution is 0.285. The summed E-state index contributed by atoms with van der Waals surface area (Å²) < 4.78 is 28.2. The van der Waals surface area contributed by atoms with Crippen molar-refractivity contribution < 1.29 is 8.42 Å². The van der Waals surface area contributed by atoms with Crippen LogP contribution >= 0.6 is 0 Å². The molecule has 0 bridgehead atoms. The molecule has 0 unspecified atom stereocenters. The minimum Gasteiger partial charge on any atom is -0.207 e. The molecule has 3 aromatic rings. The van der Waals surface area contributed by atoms with E-state index in [9.17, 15) is 8.42 Å². The number of benzene rings is 3. The Bertz CT molecular complexity index is 1020. The van der Waals surface area contributed by atoms with Crippen molar-refractivity contribution in [2.75, 3.05) is 13.1 Å². The first-order valence-electron chi connectivity index (χ1n) is 9.72. The van der Waals surface area contributed by atoms with Gasteiger partial charge in [0.25, 0.3) is 0 Å². The molecule has 0 aromatic heterocycles. The number of piperidine rings is 1. The fourth-order valence-electron chi connectivity index (χ4n) is 4.14. The van der Waals surface area contributed by atoms with Gasteiger partial charge >= 0.3 is 0 Å². The van der Waals surface area contributed by atoms with Gasteiger partial charge < -0.3 is 0 Å². The number of hydrogen-bond donors (Lipinski definition) is 0. The first kappa shape index (κ1) is 18.9. The van der Waals surface area contributed by atoms with Crippen LogP contribution in [0.5, 0.6) is 0 Å². The first-order chi connectivity index (χ1) is 13.6. The summed E-state index contributed by atoms with van der Waals surface area (Å²) in [6.45, 7) is 3.01. The SMILES string of the molecule is Cc1ccc(S(=O)(=O)N2CC[C@@H](c3ccccc3)[C@@H](c3ccccc3)C2)cc1. The van der Waals surface area contributed by atoms with E-state index in [2.05, 4.69) is 36.4 Å². The van der Waals surface area contributed by atoms with Crippen LogP contribution in [0.1, 0.15) is 34.9 Å². The lowest BCUT2D eigenvalue weighted by Gasteiger charge is -2.38. The van der Waals surface area contributed by atoms with Gasteiger partial charge in [-0.1, -0.05) is 78.4 Å². The Morgan fingerprint density at radius 1 is 0.750 bits per heavy atom. The Morgan fingerprint density at radius 3 is 1.86 bits per heavy atom.